The van der Waals surface area contributed by atoms with E-state index in [1.807, 2.05) is 38.1 Å². The Kier molecular flexibility index (Phi) is 3.03. The second-order valence-electron chi connectivity index (χ2n) is 4.95. The van der Waals surface area contributed by atoms with E-state index in [1.165, 1.54) is 16.7 Å². The first kappa shape index (κ1) is 11.9. The quantitative estimate of drug-likeness (QED) is 0.823. The summed E-state index contributed by atoms with van der Waals surface area (Å²) in [6.45, 7) is 5.70. The van der Waals surface area contributed by atoms with Gasteiger partial charge in [0.05, 0.1) is 5.60 Å². The van der Waals surface area contributed by atoms with Crippen molar-refractivity contribution < 1.29 is 5.11 Å². The fraction of sp³-hybridized carbons (Fsp3) is 0.250. The Balaban J connectivity index is 2.46. The van der Waals surface area contributed by atoms with E-state index in [4.69, 9.17) is 0 Å². The molecule has 1 heteroatoms. The lowest BCUT2D eigenvalue weighted by molar-refractivity contribution is 0.0785. The van der Waals surface area contributed by atoms with Gasteiger partial charge in [-0.2, -0.15) is 0 Å². The molecule has 2 rings (SSSR count). The average Bonchev–Trinajstić information content (AvgIpc) is 2.29. The predicted molar refractivity (Wildman–Crippen MR) is 71.9 cm³/mol. The Morgan fingerprint density at radius 1 is 0.941 bits per heavy atom. The SMILES string of the molecule is Cc1cc(C(C)(C)O)ccc1-c1ccccc1. The summed E-state index contributed by atoms with van der Waals surface area (Å²) in [7, 11) is 0. The van der Waals surface area contributed by atoms with E-state index in [1.54, 1.807) is 0 Å². The van der Waals surface area contributed by atoms with E-state index in [0.29, 0.717) is 0 Å². The molecular formula is C16H18O. The molecule has 0 saturated heterocycles. The third kappa shape index (κ3) is 2.56. The van der Waals surface area contributed by atoms with Crippen LogP contribution in [-0.4, -0.2) is 5.11 Å². The van der Waals surface area contributed by atoms with Gasteiger partial charge in [0.1, 0.15) is 0 Å². The van der Waals surface area contributed by atoms with Crippen molar-refractivity contribution in [3.8, 4) is 11.1 Å². The molecule has 0 unspecified atom stereocenters. The number of hydrogen-bond acceptors (Lipinski definition) is 1. The summed E-state index contributed by atoms with van der Waals surface area (Å²) in [5.74, 6) is 0. The molecule has 88 valence electrons. The van der Waals surface area contributed by atoms with Gasteiger partial charge in [-0.1, -0.05) is 48.5 Å². The van der Waals surface area contributed by atoms with E-state index in [0.717, 1.165) is 5.56 Å². The number of aliphatic hydroxyl groups is 1. The van der Waals surface area contributed by atoms with E-state index >= 15 is 0 Å². The van der Waals surface area contributed by atoms with Gasteiger partial charge in [0.15, 0.2) is 0 Å². The zero-order valence-corrected chi connectivity index (χ0v) is 10.6. The molecule has 17 heavy (non-hydrogen) atoms. The molecule has 1 nitrogen and oxygen atoms in total. The first-order valence-electron chi connectivity index (χ1n) is 5.87. The molecule has 1 N–H and O–H groups in total. The van der Waals surface area contributed by atoms with Crippen LogP contribution in [0, 0.1) is 6.92 Å². The highest BCUT2D eigenvalue weighted by Gasteiger charge is 2.16. The topological polar surface area (TPSA) is 20.2 Å². The number of aryl methyl sites for hydroxylation is 1. The Bertz CT molecular complexity index is 507. The Labute approximate surface area is 103 Å². The number of benzene rings is 2. The van der Waals surface area contributed by atoms with Gasteiger partial charge in [-0.05, 0) is 43.0 Å². The van der Waals surface area contributed by atoms with Gasteiger partial charge < -0.3 is 5.11 Å². The van der Waals surface area contributed by atoms with E-state index in [9.17, 15) is 5.11 Å². The minimum absolute atomic E-state index is 0.778. The molecule has 0 aliphatic rings. The van der Waals surface area contributed by atoms with Crippen LogP contribution in [0.25, 0.3) is 11.1 Å². The molecule has 0 spiro atoms. The Morgan fingerprint density at radius 2 is 1.59 bits per heavy atom. The maximum Gasteiger partial charge on any atom is 0.0840 e. The van der Waals surface area contributed by atoms with Crippen LogP contribution in [0.15, 0.2) is 48.5 Å². The average molecular weight is 226 g/mol. The van der Waals surface area contributed by atoms with E-state index in [2.05, 4.69) is 31.2 Å². The van der Waals surface area contributed by atoms with Crippen molar-refractivity contribution in [2.45, 2.75) is 26.4 Å². The molecule has 0 radical (unpaired) electrons. The van der Waals surface area contributed by atoms with Crippen molar-refractivity contribution in [3.05, 3.63) is 59.7 Å². The molecule has 0 saturated carbocycles. The van der Waals surface area contributed by atoms with E-state index < -0.39 is 5.60 Å². The molecule has 2 aromatic rings. The van der Waals surface area contributed by atoms with Crippen LogP contribution in [0.3, 0.4) is 0 Å². The minimum Gasteiger partial charge on any atom is -0.386 e. The highest BCUT2D eigenvalue weighted by Crippen LogP contribution is 2.28. The summed E-state index contributed by atoms with van der Waals surface area (Å²) in [6, 6.07) is 16.4. The van der Waals surface area contributed by atoms with Crippen LogP contribution in [0.1, 0.15) is 25.0 Å². The molecular weight excluding hydrogens is 208 g/mol. The molecule has 0 atom stereocenters. The smallest absolute Gasteiger partial charge is 0.0840 e. The Hall–Kier alpha value is -1.60. The molecule has 0 heterocycles. The first-order chi connectivity index (χ1) is 7.98. The van der Waals surface area contributed by atoms with Gasteiger partial charge in [-0.25, -0.2) is 0 Å². The van der Waals surface area contributed by atoms with Crippen LogP contribution < -0.4 is 0 Å². The standard InChI is InChI=1S/C16H18O/c1-12-11-14(16(2,3)17)9-10-15(12)13-7-5-4-6-8-13/h4-11,17H,1-3H3. The summed E-state index contributed by atoms with van der Waals surface area (Å²) in [6.07, 6.45) is 0. The van der Waals surface area contributed by atoms with Gasteiger partial charge in [0.2, 0.25) is 0 Å². The summed E-state index contributed by atoms with van der Waals surface area (Å²) in [4.78, 5) is 0. The van der Waals surface area contributed by atoms with Crippen LogP contribution in [0.2, 0.25) is 0 Å². The second kappa shape index (κ2) is 4.34. The van der Waals surface area contributed by atoms with Crippen LogP contribution in [0.4, 0.5) is 0 Å². The molecule has 0 amide bonds. The van der Waals surface area contributed by atoms with Crippen LogP contribution in [-0.2, 0) is 5.60 Å². The molecule has 0 aliphatic heterocycles. The van der Waals surface area contributed by atoms with Gasteiger partial charge in [0, 0.05) is 0 Å². The van der Waals surface area contributed by atoms with Gasteiger partial charge in [-0.15, -0.1) is 0 Å². The van der Waals surface area contributed by atoms with E-state index in [-0.39, 0.29) is 0 Å². The largest absolute Gasteiger partial charge is 0.386 e. The van der Waals surface area contributed by atoms with Gasteiger partial charge in [-0.3, -0.25) is 0 Å². The summed E-state index contributed by atoms with van der Waals surface area (Å²) in [5.41, 5.74) is 3.80. The number of rotatable bonds is 2. The van der Waals surface area contributed by atoms with Crippen molar-refractivity contribution in [1.82, 2.24) is 0 Å². The molecule has 0 aliphatic carbocycles. The number of hydrogen-bond donors (Lipinski definition) is 1. The van der Waals surface area contributed by atoms with Crippen molar-refractivity contribution >= 4 is 0 Å². The Morgan fingerprint density at radius 3 is 2.12 bits per heavy atom. The molecule has 0 aromatic heterocycles. The molecule has 2 aromatic carbocycles. The van der Waals surface area contributed by atoms with Gasteiger partial charge in [0.25, 0.3) is 0 Å². The first-order valence-corrected chi connectivity index (χ1v) is 5.87. The maximum atomic E-state index is 9.97. The lowest BCUT2D eigenvalue weighted by Crippen LogP contribution is -2.15. The minimum atomic E-state index is -0.778. The fourth-order valence-corrected chi connectivity index (χ4v) is 1.99. The van der Waals surface area contributed by atoms with Crippen LogP contribution >= 0.6 is 0 Å². The third-order valence-electron chi connectivity index (χ3n) is 3.02. The summed E-state index contributed by atoms with van der Waals surface area (Å²) < 4.78 is 0. The lowest BCUT2D eigenvalue weighted by Gasteiger charge is -2.19. The summed E-state index contributed by atoms with van der Waals surface area (Å²) >= 11 is 0. The van der Waals surface area contributed by atoms with Crippen molar-refractivity contribution in [2.24, 2.45) is 0 Å². The monoisotopic (exact) mass is 226 g/mol. The highest BCUT2D eigenvalue weighted by atomic mass is 16.3. The fourth-order valence-electron chi connectivity index (χ4n) is 1.99. The van der Waals surface area contributed by atoms with Gasteiger partial charge >= 0.3 is 0 Å². The lowest BCUT2D eigenvalue weighted by atomic mass is 9.92. The van der Waals surface area contributed by atoms with Crippen molar-refractivity contribution in [2.75, 3.05) is 0 Å². The normalized spacial score (nSPS) is 11.5. The maximum absolute atomic E-state index is 9.97. The van der Waals surface area contributed by atoms with Crippen LogP contribution in [0.5, 0.6) is 0 Å². The second-order valence-corrected chi connectivity index (χ2v) is 4.95. The molecule has 0 bridgehead atoms. The summed E-state index contributed by atoms with van der Waals surface area (Å²) in [5, 5.41) is 9.97. The van der Waals surface area contributed by atoms with Crippen molar-refractivity contribution in [1.29, 1.82) is 0 Å². The zero-order chi connectivity index (χ0) is 12.5. The zero-order valence-electron chi connectivity index (χ0n) is 10.6. The highest BCUT2D eigenvalue weighted by molar-refractivity contribution is 5.67. The third-order valence-corrected chi connectivity index (χ3v) is 3.02. The van der Waals surface area contributed by atoms with Crippen molar-refractivity contribution in [3.63, 3.8) is 0 Å². The predicted octanol–water partition coefficient (Wildman–Crippen LogP) is 3.89. The molecule has 0 fully saturated rings.